The van der Waals surface area contributed by atoms with Crippen molar-refractivity contribution in [1.29, 1.82) is 0 Å². The molecule has 0 bridgehead atoms. The Labute approximate surface area is 120 Å². The van der Waals surface area contributed by atoms with E-state index in [1.165, 1.54) is 6.92 Å². The number of alkyl halides is 3. The molecule has 1 aromatic heterocycles. The van der Waals surface area contributed by atoms with Crippen LogP contribution in [0.2, 0.25) is 0 Å². The van der Waals surface area contributed by atoms with Crippen molar-refractivity contribution < 1.29 is 13.2 Å². The number of halogens is 3. The van der Waals surface area contributed by atoms with Gasteiger partial charge in [-0.15, -0.1) is 0 Å². The number of hydrogen-bond acceptors (Lipinski definition) is 4. The summed E-state index contributed by atoms with van der Waals surface area (Å²) in [6, 6.07) is 0. The molecule has 114 valence electrons. The number of nitrogens with zero attached hydrogens (tertiary/aromatic N) is 2. The Morgan fingerprint density at radius 2 is 2.05 bits per heavy atom. The summed E-state index contributed by atoms with van der Waals surface area (Å²) in [7, 11) is 0. The molecule has 1 aliphatic rings. The normalized spacial score (nSPS) is 17.6. The van der Waals surface area contributed by atoms with Crippen LogP contribution in [0.25, 0.3) is 0 Å². The highest BCUT2D eigenvalue weighted by Gasteiger charge is 2.36. The van der Waals surface area contributed by atoms with Gasteiger partial charge in [0, 0.05) is 49.8 Å². The highest BCUT2D eigenvalue weighted by molar-refractivity contribution is 7.99. The van der Waals surface area contributed by atoms with Crippen molar-refractivity contribution in [2.75, 3.05) is 37.7 Å². The fourth-order valence-electron chi connectivity index (χ4n) is 2.16. The Hall–Kier alpha value is -0.730. The Morgan fingerprint density at radius 3 is 2.65 bits per heavy atom. The van der Waals surface area contributed by atoms with Gasteiger partial charge in [-0.2, -0.15) is 30.0 Å². The van der Waals surface area contributed by atoms with Gasteiger partial charge in [0.25, 0.3) is 0 Å². The second-order valence-corrected chi connectivity index (χ2v) is 6.03. The van der Waals surface area contributed by atoms with Gasteiger partial charge in [-0.1, -0.05) is 0 Å². The zero-order valence-electron chi connectivity index (χ0n) is 11.4. The highest BCUT2D eigenvalue weighted by Crippen LogP contribution is 2.30. The number of hydrogen-bond donors (Lipinski definition) is 2. The lowest BCUT2D eigenvalue weighted by atomic mass is 10.2. The lowest BCUT2D eigenvalue weighted by molar-refractivity contribution is -0.141. The molecule has 2 heterocycles. The predicted octanol–water partition coefficient (Wildman–Crippen LogP) is 1.88. The van der Waals surface area contributed by atoms with Crippen molar-refractivity contribution in [3.05, 3.63) is 17.0 Å². The van der Waals surface area contributed by atoms with Gasteiger partial charge >= 0.3 is 6.18 Å². The minimum Gasteiger partial charge on any atom is -0.310 e. The molecule has 4 nitrogen and oxygen atoms in total. The molecule has 1 aromatic rings. The standard InChI is InChI=1S/C12H19F3N4S/c1-9-10(17-18-11(9)12(13,14)15)8-16-2-3-19-4-6-20-7-5-19/h16H,2-8H2,1H3,(H,17,18). The first kappa shape index (κ1) is 15.7. The molecule has 1 fully saturated rings. The van der Waals surface area contributed by atoms with Gasteiger partial charge in [0.1, 0.15) is 0 Å². The van der Waals surface area contributed by atoms with Crippen molar-refractivity contribution in [1.82, 2.24) is 20.4 Å². The van der Waals surface area contributed by atoms with Crippen LogP contribution in [0.15, 0.2) is 0 Å². The van der Waals surface area contributed by atoms with Crippen LogP contribution in [0.1, 0.15) is 17.0 Å². The predicted molar refractivity (Wildman–Crippen MR) is 73.8 cm³/mol. The SMILES string of the molecule is Cc1c(C(F)(F)F)n[nH]c1CNCCN1CCSCC1. The molecule has 0 saturated carbocycles. The number of aromatic nitrogens is 2. The summed E-state index contributed by atoms with van der Waals surface area (Å²) < 4.78 is 37.7. The number of H-pyrrole nitrogens is 1. The molecule has 0 atom stereocenters. The maximum atomic E-state index is 12.6. The van der Waals surface area contributed by atoms with Gasteiger partial charge in [0.05, 0.1) is 5.69 Å². The Balaban J connectivity index is 1.75. The molecule has 2 rings (SSSR count). The largest absolute Gasteiger partial charge is 0.435 e. The lowest BCUT2D eigenvalue weighted by Crippen LogP contribution is -2.37. The highest BCUT2D eigenvalue weighted by atomic mass is 32.2. The van der Waals surface area contributed by atoms with E-state index in [0.29, 0.717) is 12.2 Å². The molecule has 1 saturated heterocycles. The second-order valence-electron chi connectivity index (χ2n) is 4.80. The van der Waals surface area contributed by atoms with Gasteiger partial charge in [-0.25, -0.2) is 0 Å². The topological polar surface area (TPSA) is 44.0 Å². The smallest absolute Gasteiger partial charge is 0.310 e. The summed E-state index contributed by atoms with van der Waals surface area (Å²) in [4.78, 5) is 2.37. The summed E-state index contributed by atoms with van der Waals surface area (Å²) >= 11 is 1.96. The average molecular weight is 308 g/mol. The van der Waals surface area contributed by atoms with E-state index in [9.17, 15) is 13.2 Å². The first-order valence-corrected chi connectivity index (χ1v) is 7.76. The van der Waals surface area contributed by atoms with Gasteiger partial charge in [0.2, 0.25) is 0 Å². The Morgan fingerprint density at radius 1 is 1.35 bits per heavy atom. The van der Waals surface area contributed by atoms with E-state index in [0.717, 1.165) is 37.7 Å². The van der Waals surface area contributed by atoms with E-state index < -0.39 is 11.9 Å². The molecule has 0 amide bonds. The first-order valence-electron chi connectivity index (χ1n) is 6.60. The summed E-state index contributed by atoms with van der Waals surface area (Å²) in [5, 5.41) is 8.99. The first-order chi connectivity index (χ1) is 9.48. The van der Waals surface area contributed by atoms with Crippen LogP contribution in [0, 0.1) is 6.92 Å². The van der Waals surface area contributed by atoms with Crippen molar-refractivity contribution in [2.24, 2.45) is 0 Å². The van der Waals surface area contributed by atoms with Crippen LogP contribution in [-0.2, 0) is 12.7 Å². The van der Waals surface area contributed by atoms with Crippen molar-refractivity contribution in [2.45, 2.75) is 19.6 Å². The van der Waals surface area contributed by atoms with Crippen molar-refractivity contribution in [3.8, 4) is 0 Å². The minimum absolute atomic E-state index is 0.180. The number of nitrogens with one attached hydrogen (secondary N) is 2. The number of thioether (sulfide) groups is 1. The van der Waals surface area contributed by atoms with E-state index in [1.54, 1.807) is 0 Å². The zero-order chi connectivity index (χ0) is 14.6. The maximum Gasteiger partial charge on any atom is 0.435 e. The summed E-state index contributed by atoms with van der Waals surface area (Å²) in [5.41, 5.74) is -0.131. The molecular weight excluding hydrogens is 289 g/mol. The quantitative estimate of drug-likeness (QED) is 0.815. The fourth-order valence-corrected chi connectivity index (χ4v) is 3.14. The van der Waals surface area contributed by atoms with E-state index in [4.69, 9.17) is 0 Å². The summed E-state index contributed by atoms with van der Waals surface area (Å²) in [6.45, 7) is 5.72. The molecule has 8 heteroatoms. The number of aromatic amines is 1. The lowest BCUT2D eigenvalue weighted by Gasteiger charge is -2.26. The van der Waals surface area contributed by atoms with Gasteiger partial charge in [-0.05, 0) is 6.92 Å². The number of rotatable bonds is 5. The second kappa shape index (κ2) is 6.82. The molecule has 2 N–H and O–H groups in total. The van der Waals surface area contributed by atoms with Gasteiger partial charge in [-0.3, -0.25) is 5.10 Å². The monoisotopic (exact) mass is 308 g/mol. The minimum atomic E-state index is -4.38. The van der Waals surface area contributed by atoms with Crippen LogP contribution in [0.3, 0.4) is 0 Å². The van der Waals surface area contributed by atoms with E-state index in [-0.39, 0.29) is 5.56 Å². The summed E-state index contributed by atoms with van der Waals surface area (Å²) in [6.07, 6.45) is -4.38. The van der Waals surface area contributed by atoms with Crippen molar-refractivity contribution >= 4 is 11.8 Å². The molecule has 0 radical (unpaired) electrons. The Bertz CT molecular complexity index is 427. The van der Waals surface area contributed by atoms with E-state index >= 15 is 0 Å². The molecule has 0 aliphatic carbocycles. The van der Waals surface area contributed by atoms with Crippen molar-refractivity contribution in [3.63, 3.8) is 0 Å². The van der Waals surface area contributed by atoms with Crippen LogP contribution in [0.4, 0.5) is 13.2 Å². The van der Waals surface area contributed by atoms with E-state index in [1.807, 2.05) is 11.8 Å². The summed E-state index contributed by atoms with van der Waals surface area (Å²) in [5.74, 6) is 2.32. The molecule has 0 unspecified atom stereocenters. The molecule has 0 spiro atoms. The zero-order valence-corrected chi connectivity index (χ0v) is 12.2. The fraction of sp³-hybridized carbons (Fsp3) is 0.750. The average Bonchev–Trinajstić information content (AvgIpc) is 2.77. The molecular formula is C12H19F3N4S. The molecule has 20 heavy (non-hydrogen) atoms. The third kappa shape index (κ3) is 4.13. The molecule has 1 aliphatic heterocycles. The van der Waals surface area contributed by atoms with Crippen LogP contribution >= 0.6 is 11.8 Å². The van der Waals surface area contributed by atoms with Crippen LogP contribution in [-0.4, -0.2) is 52.8 Å². The Kier molecular flexibility index (Phi) is 5.34. The van der Waals surface area contributed by atoms with E-state index in [2.05, 4.69) is 20.4 Å². The van der Waals surface area contributed by atoms with Gasteiger partial charge < -0.3 is 10.2 Å². The maximum absolute atomic E-state index is 12.6. The van der Waals surface area contributed by atoms with Crippen LogP contribution < -0.4 is 5.32 Å². The third-order valence-corrected chi connectivity index (χ3v) is 4.33. The van der Waals surface area contributed by atoms with Crippen LogP contribution in [0.5, 0.6) is 0 Å². The molecule has 0 aromatic carbocycles. The van der Waals surface area contributed by atoms with Gasteiger partial charge in [0.15, 0.2) is 5.69 Å². The third-order valence-electron chi connectivity index (χ3n) is 3.39.